The lowest BCUT2D eigenvalue weighted by Crippen LogP contribution is -2.46. The largest absolute Gasteiger partial charge is 0.367 e. The Morgan fingerprint density at radius 2 is 1.80 bits per heavy atom. The molecule has 1 aliphatic heterocycles. The van der Waals surface area contributed by atoms with E-state index >= 15 is 0 Å². The Morgan fingerprint density at radius 1 is 1.03 bits per heavy atom. The molecule has 1 saturated carbocycles. The van der Waals surface area contributed by atoms with E-state index in [2.05, 4.69) is 31.5 Å². The Balaban J connectivity index is 1.44. The standard InChI is InChI=1S/C26H39F2N7/c1-2-21(28)17-30-26-31-18-23(25(33-26)32-22-6-4-3-5-7-22)24-9-8-20(16-29-24)19-35-14-12-34(11-10-27)13-15-35/h8-9,16,18,21-22H,2-7,10-15,17,19H2,1H3,(H2,30,31,32,33). The fraction of sp³-hybridized carbons (Fsp3) is 0.654. The lowest BCUT2D eigenvalue weighted by molar-refractivity contribution is 0.121. The second-order valence-corrected chi connectivity index (χ2v) is 9.68. The van der Waals surface area contributed by atoms with Crippen LogP contribution in [0.2, 0.25) is 0 Å². The summed E-state index contributed by atoms with van der Waals surface area (Å²) in [4.78, 5) is 18.5. The fourth-order valence-electron chi connectivity index (χ4n) is 4.78. The monoisotopic (exact) mass is 487 g/mol. The van der Waals surface area contributed by atoms with E-state index in [1.165, 1.54) is 19.3 Å². The zero-order valence-electron chi connectivity index (χ0n) is 20.9. The van der Waals surface area contributed by atoms with Crippen molar-refractivity contribution in [2.24, 2.45) is 0 Å². The van der Waals surface area contributed by atoms with Crippen LogP contribution in [0, 0.1) is 0 Å². The molecule has 1 saturated heterocycles. The molecule has 1 unspecified atom stereocenters. The van der Waals surface area contributed by atoms with Crippen molar-refractivity contribution in [3.63, 3.8) is 0 Å². The van der Waals surface area contributed by atoms with E-state index in [1.807, 2.05) is 19.2 Å². The summed E-state index contributed by atoms with van der Waals surface area (Å²) in [7, 11) is 0. The second kappa shape index (κ2) is 13.1. The quantitative estimate of drug-likeness (QED) is 0.483. The van der Waals surface area contributed by atoms with Gasteiger partial charge < -0.3 is 10.6 Å². The van der Waals surface area contributed by atoms with Crippen LogP contribution in [0.25, 0.3) is 11.3 Å². The Labute approximate surface area is 207 Å². The van der Waals surface area contributed by atoms with Gasteiger partial charge in [-0.05, 0) is 30.9 Å². The van der Waals surface area contributed by atoms with Crippen molar-refractivity contribution in [2.45, 2.75) is 64.2 Å². The first-order valence-corrected chi connectivity index (χ1v) is 13.1. The minimum atomic E-state index is -0.922. The number of piperazine rings is 1. The molecule has 2 aromatic rings. The van der Waals surface area contributed by atoms with E-state index in [0.29, 0.717) is 25.0 Å². The van der Waals surface area contributed by atoms with Crippen LogP contribution in [0.3, 0.4) is 0 Å². The van der Waals surface area contributed by atoms with Gasteiger partial charge in [-0.3, -0.25) is 14.8 Å². The highest BCUT2D eigenvalue weighted by atomic mass is 19.1. The first kappa shape index (κ1) is 25.7. The van der Waals surface area contributed by atoms with Gasteiger partial charge in [0.15, 0.2) is 0 Å². The second-order valence-electron chi connectivity index (χ2n) is 9.68. The number of alkyl halides is 2. The number of anilines is 2. The van der Waals surface area contributed by atoms with Gasteiger partial charge in [-0.25, -0.2) is 13.8 Å². The predicted molar refractivity (Wildman–Crippen MR) is 137 cm³/mol. The van der Waals surface area contributed by atoms with Gasteiger partial charge in [0.1, 0.15) is 18.7 Å². The van der Waals surface area contributed by atoms with E-state index in [0.717, 1.165) is 68.2 Å². The molecule has 192 valence electrons. The van der Waals surface area contributed by atoms with Crippen LogP contribution in [0.15, 0.2) is 24.5 Å². The van der Waals surface area contributed by atoms with Crippen molar-refractivity contribution in [3.8, 4) is 11.3 Å². The van der Waals surface area contributed by atoms with Crippen LogP contribution in [0.1, 0.15) is 51.0 Å². The highest BCUT2D eigenvalue weighted by Gasteiger charge is 2.19. The summed E-state index contributed by atoms with van der Waals surface area (Å²) in [5, 5.41) is 6.65. The van der Waals surface area contributed by atoms with Gasteiger partial charge in [0.2, 0.25) is 5.95 Å². The number of nitrogens with zero attached hydrogens (tertiary/aromatic N) is 5. The third-order valence-electron chi connectivity index (χ3n) is 7.03. The molecule has 35 heavy (non-hydrogen) atoms. The molecule has 2 fully saturated rings. The number of rotatable bonds is 11. The summed E-state index contributed by atoms with van der Waals surface area (Å²) in [5.41, 5.74) is 2.84. The maximum atomic E-state index is 13.7. The van der Waals surface area contributed by atoms with Gasteiger partial charge in [-0.2, -0.15) is 4.98 Å². The van der Waals surface area contributed by atoms with Crippen LogP contribution in [-0.4, -0.2) is 82.9 Å². The van der Waals surface area contributed by atoms with Gasteiger partial charge in [-0.1, -0.05) is 32.3 Å². The van der Waals surface area contributed by atoms with Gasteiger partial charge in [0, 0.05) is 64.2 Å². The molecule has 0 aromatic carbocycles. The van der Waals surface area contributed by atoms with E-state index in [-0.39, 0.29) is 13.2 Å². The minimum Gasteiger partial charge on any atom is -0.367 e. The van der Waals surface area contributed by atoms with Crippen LogP contribution >= 0.6 is 0 Å². The third-order valence-corrected chi connectivity index (χ3v) is 7.03. The maximum absolute atomic E-state index is 13.7. The Kier molecular flexibility index (Phi) is 9.59. The SMILES string of the molecule is CCC(F)CNc1ncc(-c2ccc(CN3CCN(CCF)CC3)cn2)c(NC2CCCCC2)n1. The first-order valence-electron chi connectivity index (χ1n) is 13.1. The molecule has 2 aromatic heterocycles. The molecule has 0 amide bonds. The molecule has 1 aliphatic carbocycles. The molecule has 1 atom stereocenters. The highest BCUT2D eigenvalue weighted by molar-refractivity contribution is 5.73. The first-order chi connectivity index (χ1) is 17.1. The van der Waals surface area contributed by atoms with Crippen LogP contribution in [0.4, 0.5) is 20.5 Å². The number of hydrogen-bond acceptors (Lipinski definition) is 7. The molecule has 0 spiro atoms. The van der Waals surface area contributed by atoms with Crippen molar-refractivity contribution in [1.82, 2.24) is 24.8 Å². The molecule has 2 N–H and O–H groups in total. The molecule has 3 heterocycles. The minimum absolute atomic E-state index is 0.202. The number of aromatic nitrogens is 3. The van der Waals surface area contributed by atoms with E-state index in [1.54, 1.807) is 6.20 Å². The average molecular weight is 488 g/mol. The van der Waals surface area contributed by atoms with Crippen LogP contribution in [0.5, 0.6) is 0 Å². The molecular weight excluding hydrogens is 448 g/mol. The summed E-state index contributed by atoms with van der Waals surface area (Å²) in [6.07, 6.45) is 9.22. The van der Waals surface area contributed by atoms with Gasteiger partial charge >= 0.3 is 0 Å². The van der Waals surface area contributed by atoms with Crippen molar-refractivity contribution in [2.75, 3.05) is 56.6 Å². The van der Waals surface area contributed by atoms with Crippen LogP contribution in [-0.2, 0) is 6.54 Å². The van der Waals surface area contributed by atoms with Crippen molar-refractivity contribution in [1.29, 1.82) is 0 Å². The number of halogens is 2. The summed E-state index contributed by atoms with van der Waals surface area (Å²) in [6.45, 7) is 6.82. The molecular formula is C26H39F2N7. The summed E-state index contributed by atoms with van der Waals surface area (Å²) in [6, 6.07) is 4.52. The molecule has 0 radical (unpaired) electrons. The van der Waals surface area contributed by atoms with Gasteiger partial charge in [0.25, 0.3) is 0 Å². The van der Waals surface area contributed by atoms with Crippen LogP contribution < -0.4 is 10.6 Å². The molecule has 4 rings (SSSR count). The van der Waals surface area contributed by atoms with Crippen molar-refractivity contribution in [3.05, 3.63) is 30.1 Å². The molecule has 7 nitrogen and oxygen atoms in total. The van der Waals surface area contributed by atoms with E-state index < -0.39 is 6.17 Å². The smallest absolute Gasteiger partial charge is 0.224 e. The third kappa shape index (κ3) is 7.54. The van der Waals surface area contributed by atoms with Gasteiger partial charge in [0.05, 0.1) is 11.3 Å². The molecule has 0 bridgehead atoms. The lowest BCUT2D eigenvalue weighted by Gasteiger charge is -2.34. The Hall–Kier alpha value is -2.39. The highest BCUT2D eigenvalue weighted by Crippen LogP contribution is 2.29. The summed E-state index contributed by atoms with van der Waals surface area (Å²) in [5.74, 6) is 1.19. The van der Waals surface area contributed by atoms with E-state index in [4.69, 9.17) is 9.97 Å². The number of hydrogen-bond donors (Lipinski definition) is 2. The zero-order chi connectivity index (χ0) is 24.5. The average Bonchev–Trinajstić information content (AvgIpc) is 2.90. The van der Waals surface area contributed by atoms with Gasteiger partial charge in [-0.15, -0.1) is 0 Å². The number of pyridine rings is 1. The topological polar surface area (TPSA) is 69.2 Å². The molecule has 9 heteroatoms. The van der Waals surface area contributed by atoms with Crippen molar-refractivity contribution < 1.29 is 8.78 Å². The zero-order valence-corrected chi connectivity index (χ0v) is 20.9. The normalized spacial score (nSPS) is 18.9. The Morgan fingerprint density at radius 3 is 2.49 bits per heavy atom. The number of nitrogens with one attached hydrogen (secondary N) is 2. The fourth-order valence-corrected chi connectivity index (χ4v) is 4.78. The Bertz CT molecular complexity index is 897. The maximum Gasteiger partial charge on any atom is 0.224 e. The molecule has 2 aliphatic rings. The predicted octanol–water partition coefficient (Wildman–Crippen LogP) is 4.53. The lowest BCUT2D eigenvalue weighted by atomic mass is 9.95. The summed E-state index contributed by atoms with van der Waals surface area (Å²) < 4.78 is 26.3. The van der Waals surface area contributed by atoms with E-state index in [9.17, 15) is 8.78 Å². The van der Waals surface area contributed by atoms with Crippen molar-refractivity contribution >= 4 is 11.8 Å². The summed E-state index contributed by atoms with van der Waals surface area (Å²) >= 11 is 0.